The summed E-state index contributed by atoms with van der Waals surface area (Å²) < 4.78 is 12.2. The van der Waals surface area contributed by atoms with Crippen LogP contribution in [0.5, 0.6) is 5.75 Å². The Balaban J connectivity index is 2.18. The number of aryl methyl sites for hydroxylation is 2. The van der Waals surface area contributed by atoms with Gasteiger partial charge in [0, 0.05) is 10.9 Å². The van der Waals surface area contributed by atoms with Crippen LogP contribution in [0.4, 0.5) is 0 Å². The van der Waals surface area contributed by atoms with Crippen LogP contribution < -0.4 is 4.74 Å². The van der Waals surface area contributed by atoms with Crippen molar-refractivity contribution in [2.24, 2.45) is 0 Å². The van der Waals surface area contributed by atoms with Crippen LogP contribution in [0.15, 0.2) is 28.4 Å². The lowest BCUT2D eigenvalue weighted by Gasteiger charge is -2.16. The molecule has 1 aliphatic rings. The summed E-state index contributed by atoms with van der Waals surface area (Å²) in [5, 5.41) is 0. The number of hydrogen-bond donors (Lipinski definition) is 0. The van der Waals surface area contributed by atoms with Gasteiger partial charge in [0.1, 0.15) is 11.5 Å². The van der Waals surface area contributed by atoms with Gasteiger partial charge in [0.05, 0.1) is 13.2 Å². The molecule has 0 bridgehead atoms. The molecule has 16 heavy (non-hydrogen) atoms. The Bertz CT molecular complexity index is 401. The molecule has 2 rings (SSSR count). The zero-order valence-electron chi connectivity index (χ0n) is 9.55. The summed E-state index contributed by atoms with van der Waals surface area (Å²) in [6.07, 6.45) is 2.85. The van der Waals surface area contributed by atoms with E-state index in [1.807, 2.05) is 18.2 Å². The van der Waals surface area contributed by atoms with E-state index in [2.05, 4.69) is 29.8 Å². The molecule has 0 fully saturated rings. The molecule has 86 valence electrons. The van der Waals surface area contributed by atoms with Gasteiger partial charge in [0.15, 0.2) is 0 Å². The highest BCUT2D eigenvalue weighted by Gasteiger charge is 2.08. The summed E-state index contributed by atoms with van der Waals surface area (Å²) in [6, 6.07) is 4.10. The third kappa shape index (κ3) is 2.66. The van der Waals surface area contributed by atoms with Crippen molar-refractivity contribution >= 4 is 15.9 Å². The van der Waals surface area contributed by atoms with Crippen molar-refractivity contribution in [3.63, 3.8) is 0 Å². The standard InChI is InChI=1S/C13H15BrO2/c1-9-7-12(8-10(2)13(9)14)16-11-3-5-15-6-4-11/h3,7-8H,4-6H2,1-2H3. The van der Waals surface area contributed by atoms with Crippen LogP contribution in [0.3, 0.4) is 0 Å². The van der Waals surface area contributed by atoms with Crippen LogP contribution in [-0.2, 0) is 4.74 Å². The van der Waals surface area contributed by atoms with Crippen LogP contribution >= 0.6 is 15.9 Å². The number of hydrogen-bond acceptors (Lipinski definition) is 2. The molecule has 0 aliphatic carbocycles. The van der Waals surface area contributed by atoms with E-state index in [9.17, 15) is 0 Å². The summed E-state index contributed by atoms with van der Waals surface area (Å²) in [6.45, 7) is 5.55. The molecule has 0 N–H and O–H groups in total. The van der Waals surface area contributed by atoms with Gasteiger partial charge >= 0.3 is 0 Å². The molecule has 3 heteroatoms. The second kappa shape index (κ2) is 5.02. The molecular formula is C13H15BrO2. The highest BCUT2D eigenvalue weighted by molar-refractivity contribution is 9.10. The number of rotatable bonds is 2. The molecule has 0 spiro atoms. The van der Waals surface area contributed by atoms with E-state index in [1.54, 1.807) is 0 Å². The zero-order valence-corrected chi connectivity index (χ0v) is 11.1. The predicted octanol–water partition coefficient (Wildman–Crippen LogP) is 3.75. The average Bonchev–Trinajstić information content (AvgIpc) is 2.27. The normalized spacial score (nSPS) is 15.8. The second-order valence-electron chi connectivity index (χ2n) is 3.97. The van der Waals surface area contributed by atoms with Crippen LogP contribution in [0.2, 0.25) is 0 Å². The minimum Gasteiger partial charge on any atom is -0.462 e. The molecule has 1 heterocycles. The van der Waals surface area contributed by atoms with Crippen molar-refractivity contribution in [1.29, 1.82) is 0 Å². The molecule has 0 atom stereocenters. The molecule has 0 unspecified atom stereocenters. The van der Waals surface area contributed by atoms with Crippen molar-refractivity contribution in [3.05, 3.63) is 39.6 Å². The quantitative estimate of drug-likeness (QED) is 0.823. The van der Waals surface area contributed by atoms with E-state index in [0.717, 1.165) is 29.0 Å². The third-order valence-electron chi connectivity index (χ3n) is 2.58. The predicted molar refractivity (Wildman–Crippen MR) is 67.8 cm³/mol. The first-order valence-electron chi connectivity index (χ1n) is 5.38. The van der Waals surface area contributed by atoms with Gasteiger partial charge in [-0.15, -0.1) is 0 Å². The molecule has 1 aromatic rings. The lowest BCUT2D eigenvalue weighted by molar-refractivity contribution is 0.139. The average molecular weight is 283 g/mol. The van der Waals surface area contributed by atoms with Gasteiger partial charge in [0.25, 0.3) is 0 Å². The van der Waals surface area contributed by atoms with Gasteiger partial charge < -0.3 is 9.47 Å². The van der Waals surface area contributed by atoms with Crippen molar-refractivity contribution < 1.29 is 9.47 Å². The SMILES string of the molecule is Cc1cc(OC2=CCOCC2)cc(C)c1Br. The Labute approximate surface area is 104 Å². The van der Waals surface area contributed by atoms with Crippen molar-refractivity contribution in [2.75, 3.05) is 13.2 Å². The van der Waals surface area contributed by atoms with E-state index in [-0.39, 0.29) is 0 Å². The maximum atomic E-state index is 5.83. The first-order chi connectivity index (χ1) is 7.66. The lowest BCUT2D eigenvalue weighted by Crippen LogP contribution is -2.08. The monoisotopic (exact) mass is 282 g/mol. The first kappa shape index (κ1) is 11.7. The molecule has 0 saturated heterocycles. The summed E-state index contributed by atoms with van der Waals surface area (Å²) in [4.78, 5) is 0. The Hall–Kier alpha value is -0.800. The molecule has 0 amide bonds. The smallest absolute Gasteiger partial charge is 0.127 e. The fraction of sp³-hybridized carbons (Fsp3) is 0.385. The summed E-state index contributed by atoms with van der Waals surface area (Å²) in [5.41, 5.74) is 2.39. The minimum absolute atomic E-state index is 0.657. The Morgan fingerprint density at radius 2 is 1.94 bits per heavy atom. The Morgan fingerprint density at radius 1 is 1.25 bits per heavy atom. The highest BCUT2D eigenvalue weighted by atomic mass is 79.9. The van der Waals surface area contributed by atoms with Gasteiger partial charge in [-0.3, -0.25) is 0 Å². The lowest BCUT2D eigenvalue weighted by atomic mass is 10.1. The molecule has 2 nitrogen and oxygen atoms in total. The number of halogens is 1. The first-order valence-corrected chi connectivity index (χ1v) is 6.17. The summed E-state index contributed by atoms with van der Waals surface area (Å²) in [5.74, 6) is 1.92. The summed E-state index contributed by atoms with van der Waals surface area (Å²) in [7, 11) is 0. The highest BCUT2D eigenvalue weighted by Crippen LogP contribution is 2.28. The fourth-order valence-corrected chi connectivity index (χ4v) is 1.95. The molecule has 1 aromatic carbocycles. The largest absolute Gasteiger partial charge is 0.462 e. The third-order valence-corrected chi connectivity index (χ3v) is 3.83. The van der Waals surface area contributed by atoms with Crippen molar-refractivity contribution in [1.82, 2.24) is 0 Å². The fourth-order valence-electron chi connectivity index (χ4n) is 1.72. The number of ether oxygens (including phenoxy) is 2. The zero-order chi connectivity index (χ0) is 11.5. The van der Waals surface area contributed by atoms with E-state index in [4.69, 9.17) is 9.47 Å². The Kier molecular flexibility index (Phi) is 3.66. The summed E-state index contributed by atoms with van der Waals surface area (Å²) >= 11 is 3.55. The second-order valence-corrected chi connectivity index (χ2v) is 4.76. The van der Waals surface area contributed by atoms with Crippen molar-refractivity contribution in [2.45, 2.75) is 20.3 Å². The van der Waals surface area contributed by atoms with Gasteiger partial charge in [0.2, 0.25) is 0 Å². The van der Waals surface area contributed by atoms with E-state index >= 15 is 0 Å². The van der Waals surface area contributed by atoms with Gasteiger partial charge in [-0.2, -0.15) is 0 Å². The number of benzene rings is 1. The Morgan fingerprint density at radius 3 is 2.50 bits per heavy atom. The van der Waals surface area contributed by atoms with Crippen molar-refractivity contribution in [3.8, 4) is 5.75 Å². The van der Waals surface area contributed by atoms with Crippen LogP contribution in [-0.4, -0.2) is 13.2 Å². The van der Waals surface area contributed by atoms with E-state index in [1.165, 1.54) is 11.1 Å². The molecule has 0 saturated carbocycles. The molecule has 0 aromatic heterocycles. The molecule has 0 radical (unpaired) electrons. The minimum atomic E-state index is 0.657. The van der Waals surface area contributed by atoms with E-state index in [0.29, 0.717) is 6.61 Å². The van der Waals surface area contributed by atoms with Gasteiger partial charge in [-0.1, -0.05) is 15.9 Å². The van der Waals surface area contributed by atoms with E-state index < -0.39 is 0 Å². The maximum Gasteiger partial charge on any atom is 0.127 e. The van der Waals surface area contributed by atoms with Crippen LogP contribution in [0.1, 0.15) is 17.5 Å². The maximum absolute atomic E-state index is 5.83. The van der Waals surface area contributed by atoms with Gasteiger partial charge in [-0.05, 0) is 43.2 Å². The molecular weight excluding hydrogens is 268 g/mol. The topological polar surface area (TPSA) is 18.5 Å². The van der Waals surface area contributed by atoms with Crippen LogP contribution in [0.25, 0.3) is 0 Å². The van der Waals surface area contributed by atoms with Crippen LogP contribution in [0, 0.1) is 13.8 Å². The molecule has 1 aliphatic heterocycles. The van der Waals surface area contributed by atoms with Gasteiger partial charge in [-0.25, -0.2) is 0 Å².